The van der Waals surface area contributed by atoms with Crippen LogP contribution in [0.25, 0.3) is 0 Å². The zero-order valence-corrected chi connectivity index (χ0v) is 12.2. The van der Waals surface area contributed by atoms with Crippen molar-refractivity contribution in [3.8, 4) is 0 Å². The first kappa shape index (κ1) is 15.0. The van der Waals surface area contributed by atoms with Crippen LogP contribution in [-0.2, 0) is 14.3 Å². The Bertz CT molecular complexity index is 561. The second-order valence-corrected chi connectivity index (χ2v) is 5.72. The number of rotatable bonds is 1. The Morgan fingerprint density at radius 1 is 1.24 bits per heavy atom. The quantitative estimate of drug-likeness (QED) is 0.587. The van der Waals surface area contributed by atoms with Gasteiger partial charge in [-0.2, -0.15) is 0 Å². The number of cyclic esters (lactones) is 2. The second kappa shape index (κ2) is 5.55. The molecule has 6 heteroatoms. The van der Waals surface area contributed by atoms with Gasteiger partial charge in [-0.1, -0.05) is 30.3 Å². The molecule has 1 aliphatic rings. The maximum Gasteiger partial charge on any atom is 0.427 e. The third-order valence-corrected chi connectivity index (χ3v) is 2.84. The van der Waals surface area contributed by atoms with Crippen LogP contribution < -0.4 is 0 Å². The van der Waals surface area contributed by atoms with Gasteiger partial charge in [0.05, 0.1) is 12.5 Å². The zero-order valence-electron chi connectivity index (χ0n) is 12.2. The number of esters is 1. The summed E-state index contributed by atoms with van der Waals surface area (Å²) in [5.41, 5.74) is -0.0755. The lowest BCUT2D eigenvalue weighted by Gasteiger charge is -2.33. The molecule has 0 aromatic heterocycles. The first-order valence-corrected chi connectivity index (χ1v) is 6.60. The summed E-state index contributed by atoms with van der Waals surface area (Å²) in [6, 6.07) is 8.13. The summed E-state index contributed by atoms with van der Waals surface area (Å²) in [7, 11) is 0. The summed E-state index contributed by atoms with van der Waals surface area (Å²) in [4.78, 5) is 36.4. The van der Waals surface area contributed by atoms with E-state index in [0.29, 0.717) is 5.56 Å². The predicted molar refractivity (Wildman–Crippen MR) is 73.4 cm³/mol. The summed E-state index contributed by atoms with van der Waals surface area (Å²) in [5.74, 6) is -0.659. The molecule has 0 saturated carbocycles. The molecule has 1 heterocycles. The average Bonchev–Trinajstić information content (AvgIpc) is 2.36. The minimum absolute atomic E-state index is 0.0883. The van der Waals surface area contributed by atoms with Crippen LogP contribution in [0.1, 0.15) is 38.8 Å². The average molecular weight is 291 g/mol. The minimum Gasteiger partial charge on any atom is -0.443 e. The number of benzene rings is 1. The van der Waals surface area contributed by atoms with Crippen molar-refractivity contribution in [2.75, 3.05) is 0 Å². The van der Waals surface area contributed by atoms with Crippen molar-refractivity contribution in [2.24, 2.45) is 0 Å². The number of carbonyl (C=O) groups is 3. The molecule has 2 amide bonds. The van der Waals surface area contributed by atoms with Crippen molar-refractivity contribution in [3.05, 3.63) is 35.9 Å². The molecule has 0 aliphatic carbocycles. The molecular weight excluding hydrogens is 274 g/mol. The fourth-order valence-electron chi connectivity index (χ4n) is 2.02. The molecule has 1 atom stereocenters. The summed E-state index contributed by atoms with van der Waals surface area (Å²) in [6.07, 6.45) is -1.92. The lowest BCUT2D eigenvalue weighted by Crippen LogP contribution is -2.48. The molecular formula is C15H17NO5. The van der Waals surface area contributed by atoms with Crippen molar-refractivity contribution in [1.29, 1.82) is 0 Å². The van der Waals surface area contributed by atoms with Crippen molar-refractivity contribution in [1.82, 2.24) is 4.90 Å². The second-order valence-electron chi connectivity index (χ2n) is 5.72. The van der Waals surface area contributed by atoms with Gasteiger partial charge < -0.3 is 9.47 Å². The molecule has 1 aliphatic heterocycles. The van der Waals surface area contributed by atoms with Crippen molar-refractivity contribution in [2.45, 2.75) is 38.8 Å². The maximum atomic E-state index is 12.2. The van der Waals surface area contributed by atoms with Crippen LogP contribution in [0.15, 0.2) is 30.3 Å². The Balaban J connectivity index is 2.32. The molecule has 0 unspecified atom stereocenters. The van der Waals surface area contributed by atoms with Gasteiger partial charge >= 0.3 is 18.2 Å². The lowest BCUT2D eigenvalue weighted by molar-refractivity contribution is -0.143. The molecule has 1 aromatic rings. The van der Waals surface area contributed by atoms with Gasteiger partial charge in [0, 0.05) is 0 Å². The van der Waals surface area contributed by atoms with E-state index in [9.17, 15) is 14.4 Å². The van der Waals surface area contributed by atoms with Gasteiger partial charge in [0.15, 0.2) is 0 Å². The number of ether oxygens (including phenoxy) is 2. The largest absolute Gasteiger partial charge is 0.443 e. The monoisotopic (exact) mass is 291 g/mol. The van der Waals surface area contributed by atoms with Crippen LogP contribution >= 0.6 is 0 Å². The fourth-order valence-corrected chi connectivity index (χ4v) is 2.02. The summed E-state index contributed by atoms with van der Waals surface area (Å²) in [5, 5.41) is 0. The Labute approximate surface area is 122 Å². The van der Waals surface area contributed by atoms with E-state index in [4.69, 9.17) is 4.74 Å². The fraction of sp³-hybridized carbons (Fsp3) is 0.400. The van der Waals surface area contributed by atoms with Crippen molar-refractivity contribution < 1.29 is 23.9 Å². The van der Waals surface area contributed by atoms with Crippen LogP contribution in [0, 0.1) is 0 Å². The molecule has 0 radical (unpaired) electrons. The molecule has 112 valence electrons. The number of imide groups is 1. The van der Waals surface area contributed by atoms with Crippen LogP contribution in [0.5, 0.6) is 0 Å². The molecule has 1 fully saturated rings. The third-order valence-electron chi connectivity index (χ3n) is 2.84. The van der Waals surface area contributed by atoms with E-state index < -0.39 is 29.8 Å². The van der Waals surface area contributed by atoms with Crippen LogP contribution in [-0.4, -0.2) is 28.7 Å². The van der Waals surface area contributed by atoms with E-state index in [1.807, 2.05) is 6.07 Å². The van der Waals surface area contributed by atoms with E-state index in [-0.39, 0.29) is 6.42 Å². The van der Waals surface area contributed by atoms with Gasteiger partial charge in [0.25, 0.3) is 0 Å². The van der Waals surface area contributed by atoms with E-state index >= 15 is 0 Å². The Morgan fingerprint density at radius 3 is 2.43 bits per heavy atom. The van der Waals surface area contributed by atoms with Gasteiger partial charge in [-0.3, -0.25) is 4.79 Å². The van der Waals surface area contributed by atoms with Crippen LogP contribution in [0.4, 0.5) is 9.59 Å². The molecule has 1 aromatic carbocycles. The minimum atomic E-state index is -1.01. The Hall–Kier alpha value is -2.37. The number of hydrogen-bond acceptors (Lipinski definition) is 5. The van der Waals surface area contributed by atoms with Crippen LogP contribution in [0.3, 0.4) is 0 Å². The first-order chi connectivity index (χ1) is 9.78. The number of carbonyl (C=O) groups excluding carboxylic acids is 3. The topological polar surface area (TPSA) is 72.9 Å². The summed E-state index contributed by atoms with van der Waals surface area (Å²) < 4.78 is 9.74. The molecule has 6 nitrogen and oxygen atoms in total. The smallest absolute Gasteiger partial charge is 0.427 e. The van der Waals surface area contributed by atoms with Gasteiger partial charge in [-0.25, -0.2) is 14.5 Å². The highest BCUT2D eigenvalue weighted by molar-refractivity contribution is 5.97. The normalized spacial score (nSPS) is 19.2. The van der Waals surface area contributed by atoms with Gasteiger partial charge in [-0.05, 0) is 26.3 Å². The van der Waals surface area contributed by atoms with E-state index in [1.165, 1.54) is 0 Å². The molecule has 21 heavy (non-hydrogen) atoms. The van der Waals surface area contributed by atoms with Crippen molar-refractivity contribution in [3.63, 3.8) is 0 Å². The highest BCUT2D eigenvalue weighted by Crippen LogP contribution is 2.30. The molecule has 0 spiro atoms. The van der Waals surface area contributed by atoms with E-state index in [0.717, 1.165) is 4.90 Å². The van der Waals surface area contributed by atoms with E-state index in [1.54, 1.807) is 45.0 Å². The van der Waals surface area contributed by atoms with Crippen molar-refractivity contribution >= 4 is 18.2 Å². The highest BCUT2D eigenvalue weighted by atomic mass is 16.6. The van der Waals surface area contributed by atoms with Gasteiger partial charge in [0.1, 0.15) is 5.60 Å². The zero-order chi connectivity index (χ0) is 15.6. The number of hydrogen-bond donors (Lipinski definition) is 0. The third kappa shape index (κ3) is 3.59. The molecule has 0 N–H and O–H groups in total. The first-order valence-electron chi connectivity index (χ1n) is 6.60. The van der Waals surface area contributed by atoms with Gasteiger partial charge in [0.2, 0.25) is 0 Å². The lowest BCUT2D eigenvalue weighted by atomic mass is 10.0. The Kier molecular flexibility index (Phi) is 3.97. The Morgan fingerprint density at radius 2 is 1.86 bits per heavy atom. The highest BCUT2D eigenvalue weighted by Gasteiger charge is 2.41. The predicted octanol–water partition coefficient (Wildman–Crippen LogP) is 3.03. The number of nitrogens with zero attached hydrogens (tertiary/aromatic N) is 1. The maximum absolute atomic E-state index is 12.2. The standard InChI is InChI=1S/C15H17NO5/c1-15(2,3)21-14(19)16-11(9-12(17)20-13(16)18)10-7-5-4-6-8-10/h4-8,11H,9H2,1-3H3/t11-/m1/s1. The molecule has 0 bridgehead atoms. The van der Waals surface area contributed by atoms with Gasteiger partial charge in [-0.15, -0.1) is 0 Å². The van der Waals surface area contributed by atoms with E-state index in [2.05, 4.69) is 4.74 Å². The molecule has 1 saturated heterocycles. The summed E-state index contributed by atoms with van der Waals surface area (Å²) >= 11 is 0. The number of amides is 2. The SMILES string of the molecule is CC(C)(C)OC(=O)N1C(=O)OC(=O)C[C@@H]1c1ccccc1. The van der Waals surface area contributed by atoms with Crippen LogP contribution in [0.2, 0.25) is 0 Å². The molecule has 2 rings (SSSR count). The summed E-state index contributed by atoms with van der Waals surface area (Å²) in [6.45, 7) is 5.09.